The van der Waals surface area contributed by atoms with Crippen LogP contribution >= 0.6 is 0 Å². The number of rotatable bonds is 4. The molecule has 0 bridgehead atoms. The van der Waals surface area contributed by atoms with Crippen LogP contribution in [0.3, 0.4) is 0 Å². The van der Waals surface area contributed by atoms with Crippen molar-refractivity contribution in [3.05, 3.63) is 35.1 Å². The average Bonchev–Trinajstić information content (AvgIpc) is 2.39. The van der Waals surface area contributed by atoms with Crippen LogP contribution in [0.15, 0.2) is 18.2 Å². The van der Waals surface area contributed by atoms with Crippen molar-refractivity contribution in [3.63, 3.8) is 0 Å². The summed E-state index contributed by atoms with van der Waals surface area (Å²) in [4.78, 5) is 2.27. The van der Waals surface area contributed by atoms with Crippen molar-refractivity contribution >= 4 is 0 Å². The van der Waals surface area contributed by atoms with Crippen molar-refractivity contribution in [2.45, 2.75) is 13.0 Å². The van der Waals surface area contributed by atoms with Gasteiger partial charge in [0, 0.05) is 25.2 Å². The Morgan fingerprint density at radius 1 is 1.24 bits per heavy atom. The summed E-state index contributed by atoms with van der Waals surface area (Å²) in [5, 5.41) is 8.99. The third-order valence-electron chi connectivity index (χ3n) is 3.13. The van der Waals surface area contributed by atoms with Gasteiger partial charge in [0.05, 0.1) is 19.8 Å². The molecule has 1 aromatic rings. The molecule has 1 aliphatic heterocycles. The summed E-state index contributed by atoms with van der Waals surface area (Å²) in [5.41, 5.74) is 1.06. The largest absolute Gasteiger partial charge is 0.392 e. The molecular weight excluding hydrogens is 221 g/mol. The van der Waals surface area contributed by atoms with Gasteiger partial charge in [-0.15, -0.1) is 0 Å². The second-order valence-corrected chi connectivity index (χ2v) is 4.25. The minimum Gasteiger partial charge on any atom is -0.392 e. The van der Waals surface area contributed by atoms with Gasteiger partial charge in [0.1, 0.15) is 5.82 Å². The maximum absolute atomic E-state index is 13.8. The average molecular weight is 239 g/mol. The Kier molecular flexibility index (Phi) is 4.48. The van der Waals surface area contributed by atoms with Crippen LogP contribution in [0, 0.1) is 5.82 Å². The molecule has 17 heavy (non-hydrogen) atoms. The van der Waals surface area contributed by atoms with Crippen LogP contribution in [-0.4, -0.2) is 42.9 Å². The molecule has 0 spiro atoms. The van der Waals surface area contributed by atoms with Gasteiger partial charge in [-0.05, 0) is 12.0 Å². The first-order valence-electron chi connectivity index (χ1n) is 5.98. The van der Waals surface area contributed by atoms with E-state index in [1.54, 1.807) is 18.2 Å². The van der Waals surface area contributed by atoms with Crippen molar-refractivity contribution < 1.29 is 14.2 Å². The number of nitrogens with zero attached hydrogens (tertiary/aromatic N) is 1. The lowest BCUT2D eigenvalue weighted by Gasteiger charge is -2.26. The predicted molar refractivity (Wildman–Crippen MR) is 63.3 cm³/mol. The molecule has 0 aromatic heterocycles. The van der Waals surface area contributed by atoms with Gasteiger partial charge in [0.15, 0.2) is 0 Å². The summed E-state index contributed by atoms with van der Waals surface area (Å²) < 4.78 is 19.1. The minimum atomic E-state index is -0.261. The van der Waals surface area contributed by atoms with Crippen LogP contribution < -0.4 is 0 Å². The Hall–Kier alpha value is -0.970. The molecule has 94 valence electrons. The fraction of sp³-hybridized carbons (Fsp3) is 0.538. The van der Waals surface area contributed by atoms with E-state index < -0.39 is 0 Å². The first kappa shape index (κ1) is 12.5. The molecule has 3 nitrogen and oxygen atoms in total. The molecule has 0 radical (unpaired) electrons. The minimum absolute atomic E-state index is 0.239. The van der Waals surface area contributed by atoms with Gasteiger partial charge in [-0.3, -0.25) is 4.90 Å². The van der Waals surface area contributed by atoms with Gasteiger partial charge >= 0.3 is 0 Å². The fourth-order valence-electron chi connectivity index (χ4n) is 2.05. The third-order valence-corrected chi connectivity index (χ3v) is 3.13. The van der Waals surface area contributed by atoms with Crippen LogP contribution in [0.1, 0.15) is 11.1 Å². The molecule has 1 aliphatic rings. The monoisotopic (exact) mass is 239 g/mol. The number of hydrogen-bond acceptors (Lipinski definition) is 3. The van der Waals surface area contributed by atoms with Crippen molar-refractivity contribution in [3.8, 4) is 0 Å². The molecule has 4 heteroatoms. The van der Waals surface area contributed by atoms with E-state index in [0.29, 0.717) is 17.5 Å². The summed E-state index contributed by atoms with van der Waals surface area (Å²) >= 11 is 0. The molecule has 2 rings (SSSR count). The topological polar surface area (TPSA) is 32.7 Å². The van der Waals surface area contributed by atoms with Crippen LogP contribution in [0.25, 0.3) is 0 Å². The molecule has 1 saturated heterocycles. The van der Waals surface area contributed by atoms with Gasteiger partial charge in [0.25, 0.3) is 0 Å². The number of ether oxygens (including phenoxy) is 1. The highest BCUT2D eigenvalue weighted by Gasteiger charge is 2.12. The molecular formula is C13H18FNO2. The predicted octanol–water partition coefficient (Wildman–Crippen LogP) is 1.19. The Balaban J connectivity index is 1.93. The summed E-state index contributed by atoms with van der Waals surface area (Å²) in [6.45, 7) is 3.97. The normalized spacial score (nSPS) is 17.3. The van der Waals surface area contributed by atoms with Gasteiger partial charge in [-0.2, -0.15) is 0 Å². The highest BCUT2D eigenvalue weighted by Crippen LogP contribution is 2.14. The Labute approximate surface area is 101 Å². The van der Waals surface area contributed by atoms with E-state index in [2.05, 4.69) is 4.90 Å². The van der Waals surface area contributed by atoms with Gasteiger partial charge < -0.3 is 9.84 Å². The molecule has 0 unspecified atom stereocenters. The molecule has 1 aromatic carbocycles. The molecule has 1 N–H and O–H groups in total. The molecule has 0 atom stereocenters. The zero-order valence-electron chi connectivity index (χ0n) is 9.86. The van der Waals surface area contributed by atoms with Gasteiger partial charge in [-0.1, -0.05) is 18.2 Å². The van der Waals surface area contributed by atoms with Crippen LogP contribution in [-0.2, 0) is 17.8 Å². The van der Waals surface area contributed by atoms with E-state index in [4.69, 9.17) is 9.84 Å². The third kappa shape index (κ3) is 3.25. The number of morpholine rings is 1. The maximum atomic E-state index is 13.8. The SMILES string of the molecule is OCc1cccc(CCN2CCOCC2)c1F. The molecule has 1 fully saturated rings. The number of aliphatic hydroxyl groups excluding tert-OH is 1. The zero-order valence-corrected chi connectivity index (χ0v) is 9.86. The van der Waals surface area contributed by atoms with Gasteiger partial charge in [0.2, 0.25) is 0 Å². The molecule has 0 saturated carbocycles. The number of halogens is 1. The summed E-state index contributed by atoms with van der Waals surface area (Å²) in [6.07, 6.45) is 0.680. The Morgan fingerprint density at radius 2 is 1.94 bits per heavy atom. The first-order valence-corrected chi connectivity index (χ1v) is 5.98. The maximum Gasteiger partial charge on any atom is 0.131 e. The van der Waals surface area contributed by atoms with Crippen LogP contribution in [0.5, 0.6) is 0 Å². The number of benzene rings is 1. The van der Waals surface area contributed by atoms with E-state index >= 15 is 0 Å². The Bertz CT molecular complexity index is 364. The molecule has 0 aliphatic carbocycles. The quantitative estimate of drug-likeness (QED) is 0.856. The zero-order chi connectivity index (χ0) is 12.1. The summed E-state index contributed by atoms with van der Waals surface area (Å²) in [6, 6.07) is 5.20. The molecule has 1 heterocycles. The lowest BCUT2D eigenvalue weighted by Crippen LogP contribution is -2.37. The standard InChI is InChI=1S/C13H18FNO2/c14-13-11(2-1-3-12(13)10-16)4-5-15-6-8-17-9-7-15/h1-3,16H,4-10H2. The summed E-state index contributed by atoms with van der Waals surface area (Å²) in [5.74, 6) is -0.261. The second kappa shape index (κ2) is 6.10. The van der Waals surface area contributed by atoms with Crippen molar-refractivity contribution in [1.29, 1.82) is 0 Å². The van der Waals surface area contributed by atoms with E-state index in [1.807, 2.05) is 0 Å². The Morgan fingerprint density at radius 3 is 2.65 bits per heavy atom. The van der Waals surface area contributed by atoms with Crippen molar-refractivity contribution in [1.82, 2.24) is 4.90 Å². The lowest BCUT2D eigenvalue weighted by molar-refractivity contribution is 0.0383. The second-order valence-electron chi connectivity index (χ2n) is 4.25. The highest BCUT2D eigenvalue weighted by molar-refractivity contribution is 5.25. The van der Waals surface area contributed by atoms with Crippen LogP contribution in [0.4, 0.5) is 4.39 Å². The smallest absolute Gasteiger partial charge is 0.131 e. The number of aliphatic hydroxyl groups is 1. The van der Waals surface area contributed by atoms with Crippen LogP contribution in [0.2, 0.25) is 0 Å². The summed E-state index contributed by atoms with van der Waals surface area (Å²) in [7, 11) is 0. The molecule has 0 amide bonds. The highest BCUT2D eigenvalue weighted by atomic mass is 19.1. The van der Waals surface area contributed by atoms with Crippen molar-refractivity contribution in [2.75, 3.05) is 32.8 Å². The lowest BCUT2D eigenvalue weighted by atomic mass is 10.1. The van der Waals surface area contributed by atoms with E-state index in [9.17, 15) is 4.39 Å². The van der Waals surface area contributed by atoms with E-state index in [1.165, 1.54) is 0 Å². The van der Waals surface area contributed by atoms with Crippen molar-refractivity contribution in [2.24, 2.45) is 0 Å². The van der Waals surface area contributed by atoms with E-state index in [0.717, 1.165) is 32.8 Å². The van der Waals surface area contributed by atoms with Gasteiger partial charge in [-0.25, -0.2) is 4.39 Å². The fourth-order valence-corrected chi connectivity index (χ4v) is 2.05. The van der Waals surface area contributed by atoms with E-state index in [-0.39, 0.29) is 12.4 Å². The number of hydrogen-bond donors (Lipinski definition) is 1. The first-order chi connectivity index (χ1) is 8.31.